The number of aliphatic hydroxyl groups is 1. The van der Waals surface area contributed by atoms with Crippen LogP contribution in [0.2, 0.25) is 0 Å². The van der Waals surface area contributed by atoms with E-state index in [-0.39, 0.29) is 12.5 Å². The molecule has 18 heavy (non-hydrogen) atoms. The third-order valence-electron chi connectivity index (χ3n) is 3.09. The van der Waals surface area contributed by atoms with Crippen LogP contribution in [0.25, 0.3) is 0 Å². The molecule has 2 rings (SSSR count). The molecule has 1 amide bonds. The number of carbonyl (C=O) groups is 1. The minimum atomic E-state index is 0.0528. The molecule has 1 fully saturated rings. The molecule has 1 saturated carbocycles. The highest BCUT2D eigenvalue weighted by molar-refractivity contribution is 8.00. The van der Waals surface area contributed by atoms with Gasteiger partial charge in [0.15, 0.2) is 0 Å². The first-order valence-electron chi connectivity index (χ1n) is 6.31. The van der Waals surface area contributed by atoms with E-state index < -0.39 is 0 Å². The molecule has 1 aromatic carbocycles. The van der Waals surface area contributed by atoms with Gasteiger partial charge in [0.1, 0.15) is 0 Å². The van der Waals surface area contributed by atoms with E-state index in [1.165, 1.54) is 5.56 Å². The predicted molar refractivity (Wildman–Crippen MR) is 73.7 cm³/mol. The van der Waals surface area contributed by atoms with Crippen LogP contribution < -0.4 is 0 Å². The average molecular weight is 265 g/mol. The Morgan fingerprint density at radius 2 is 2.17 bits per heavy atom. The van der Waals surface area contributed by atoms with Gasteiger partial charge < -0.3 is 10.0 Å². The van der Waals surface area contributed by atoms with Crippen molar-refractivity contribution in [3.63, 3.8) is 0 Å². The highest BCUT2D eigenvalue weighted by Crippen LogP contribution is 2.28. The van der Waals surface area contributed by atoms with Gasteiger partial charge in [0.2, 0.25) is 5.91 Å². The normalized spacial score (nSPS) is 14.6. The van der Waals surface area contributed by atoms with E-state index in [0.29, 0.717) is 18.3 Å². The lowest BCUT2D eigenvalue weighted by Gasteiger charge is -2.21. The van der Waals surface area contributed by atoms with Gasteiger partial charge in [0, 0.05) is 17.5 Å². The summed E-state index contributed by atoms with van der Waals surface area (Å²) in [5.41, 5.74) is 1.20. The maximum absolute atomic E-state index is 12.1. The molecular weight excluding hydrogens is 246 g/mol. The molecule has 3 nitrogen and oxygen atoms in total. The number of hydrogen-bond acceptors (Lipinski definition) is 3. The number of aliphatic hydroxyl groups excluding tert-OH is 1. The zero-order valence-electron chi connectivity index (χ0n) is 10.6. The fourth-order valence-electron chi connectivity index (χ4n) is 1.95. The monoisotopic (exact) mass is 265 g/mol. The van der Waals surface area contributed by atoms with E-state index >= 15 is 0 Å². The van der Waals surface area contributed by atoms with Crippen molar-refractivity contribution in [1.82, 2.24) is 4.90 Å². The Morgan fingerprint density at radius 3 is 2.78 bits per heavy atom. The number of benzene rings is 1. The maximum Gasteiger partial charge on any atom is 0.233 e. The molecule has 0 atom stereocenters. The molecule has 1 aliphatic rings. The lowest BCUT2D eigenvalue weighted by Crippen LogP contribution is -2.36. The summed E-state index contributed by atoms with van der Waals surface area (Å²) in [7, 11) is 0. The molecule has 0 radical (unpaired) electrons. The third-order valence-corrected chi connectivity index (χ3v) is 4.25. The first kappa shape index (κ1) is 13.4. The number of nitrogens with zero attached hydrogens (tertiary/aromatic N) is 1. The summed E-state index contributed by atoms with van der Waals surface area (Å²) in [4.78, 5) is 15.1. The summed E-state index contributed by atoms with van der Waals surface area (Å²) >= 11 is 1.58. The Hall–Kier alpha value is -1.00. The van der Waals surface area contributed by atoms with Gasteiger partial charge in [-0.3, -0.25) is 4.79 Å². The first-order chi connectivity index (χ1) is 8.72. The summed E-state index contributed by atoms with van der Waals surface area (Å²) in [5, 5.41) is 8.99. The van der Waals surface area contributed by atoms with Crippen LogP contribution in [0.1, 0.15) is 18.4 Å². The van der Waals surface area contributed by atoms with Gasteiger partial charge in [-0.2, -0.15) is 0 Å². The second-order valence-electron chi connectivity index (χ2n) is 4.60. The van der Waals surface area contributed by atoms with Crippen molar-refractivity contribution in [2.75, 3.05) is 18.9 Å². The fourth-order valence-corrected chi connectivity index (χ4v) is 2.86. The summed E-state index contributed by atoms with van der Waals surface area (Å²) in [6.45, 7) is 2.58. The Kier molecular flexibility index (Phi) is 4.66. The number of hydrogen-bond donors (Lipinski definition) is 1. The Bertz CT molecular complexity index is 418. The van der Waals surface area contributed by atoms with Gasteiger partial charge in [-0.25, -0.2) is 0 Å². The van der Waals surface area contributed by atoms with Crippen LogP contribution in [0.5, 0.6) is 0 Å². The van der Waals surface area contributed by atoms with Crippen LogP contribution in [-0.2, 0) is 4.79 Å². The summed E-state index contributed by atoms with van der Waals surface area (Å²) in [5.74, 6) is 0.598. The smallest absolute Gasteiger partial charge is 0.233 e. The standard InChI is InChI=1S/C14H19NO2S/c1-11-4-2-3-5-13(11)18-10-14(17)15(8-9-16)12-6-7-12/h2-5,12,16H,6-10H2,1H3. The number of thioether (sulfide) groups is 1. The molecule has 98 valence electrons. The molecule has 1 N–H and O–H groups in total. The van der Waals surface area contributed by atoms with E-state index in [1.54, 1.807) is 11.8 Å². The topological polar surface area (TPSA) is 40.5 Å². The van der Waals surface area contributed by atoms with Gasteiger partial charge in [-0.1, -0.05) is 18.2 Å². The molecule has 0 heterocycles. The van der Waals surface area contributed by atoms with Crippen molar-refractivity contribution in [3.05, 3.63) is 29.8 Å². The Morgan fingerprint density at radius 1 is 1.44 bits per heavy atom. The Balaban J connectivity index is 1.89. The van der Waals surface area contributed by atoms with Crippen LogP contribution in [0, 0.1) is 6.92 Å². The zero-order valence-corrected chi connectivity index (χ0v) is 11.4. The lowest BCUT2D eigenvalue weighted by atomic mass is 10.2. The molecular formula is C14H19NO2S. The van der Waals surface area contributed by atoms with Crippen molar-refractivity contribution in [1.29, 1.82) is 0 Å². The van der Waals surface area contributed by atoms with E-state index in [2.05, 4.69) is 13.0 Å². The molecule has 1 aromatic rings. The summed E-state index contributed by atoms with van der Waals surface area (Å²) in [6, 6.07) is 8.47. The largest absolute Gasteiger partial charge is 0.395 e. The van der Waals surface area contributed by atoms with Gasteiger partial charge in [-0.05, 0) is 31.4 Å². The van der Waals surface area contributed by atoms with Crippen molar-refractivity contribution in [2.45, 2.75) is 30.7 Å². The van der Waals surface area contributed by atoms with E-state index in [0.717, 1.165) is 17.7 Å². The van der Waals surface area contributed by atoms with Gasteiger partial charge in [0.05, 0.1) is 12.4 Å². The second kappa shape index (κ2) is 6.25. The summed E-state index contributed by atoms with van der Waals surface area (Å²) < 4.78 is 0. The van der Waals surface area contributed by atoms with Crippen LogP contribution in [0.15, 0.2) is 29.2 Å². The first-order valence-corrected chi connectivity index (χ1v) is 7.29. The molecule has 0 bridgehead atoms. The van der Waals surface area contributed by atoms with Crippen molar-refractivity contribution < 1.29 is 9.90 Å². The van der Waals surface area contributed by atoms with Crippen molar-refractivity contribution in [3.8, 4) is 0 Å². The molecule has 4 heteroatoms. The summed E-state index contributed by atoms with van der Waals surface area (Å²) in [6.07, 6.45) is 2.17. The molecule has 0 spiro atoms. The van der Waals surface area contributed by atoms with Gasteiger partial charge >= 0.3 is 0 Å². The van der Waals surface area contributed by atoms with Gasteiger partial charge in [-0.15, -0.1) is 11.8 Å². The lowest BCUT2D eigenvalue weighted by molar-refractivity contribution is -0.129. The highest BCUT2D eigenvalue weighted by atomic mass is 32.2. The van der Waals surface area contributed by atoms with Crippen LogP contribution in [0.3, 0.4) is 0 Å². The van der Waals surface area contributed by atoms with Crippen molar-refractivity contribution in [2.24, 2.45) is 0 Å². The van der Waals surface area contributed by atoms with E-state index in [1.807, 2.05) is 23.1 Å². The maximum atomic E-state index is 12.1. The molecule has 1 aliphatic carbocycles. The molecule has 0 aliphatic heterocycles. The highest BCUT2D eigenvalue weighted by Gasteiger charge is 2.31. The number of aryl methyl sites for hydroxylation is 1. The van der Waals surface area contributed by atoms with E-state index in [4.69, 9.17) is 5.11 Å². The van der Waals surface area contributed by atoms with Crippen LogP contribution in [-0.4, -0.2) is 40.9 Å². The van der Waals surface area contributed by atoms with Crippen LogP contribution in [0.4, 0.5) is 0 Å². The quantitative estimate of drug-likeness (QED) is 0.801. The zero-order chi connectivity index (χ0) is 13.0. The predicted octanol–water partition coefficient (Wildman–Crippen LogP) is 2.07. The minimum absolute atomic E-state index is 0.0528. The van der Waals surface area contributed by atoms with E-state index in [9.17, 15) is 4.79 Å². The minimum Gasteiger partial charge on any atom is -0.395 e. The fraction of sp³-hybridized carbons (Fsp3) is 0.500. The van der Waals surface area contributed by atoms with Crippen LogP contribution >= 0.6 is 11.8 Å². The van der Waals surface area contributed by atoms with Gasteiger partial charge in [0.25, 0.3) is 0 Å². The van der Waals surface area contributed by atoms with Crippen molar-refractivity contribution >= 4 is 17.7 Å². The number of rotatable bonds is 6. The molecule has 0 unspecified atom stereocenters. The number of amides is 1. The molecule has 0 aromatic heterocycles. The Labute approximate surface area is 112 Å². The number of carbonyl (C=O) groups excluding carboxylic acids is 1. The second-order valence-corrected chi connectivity index (χ2v) is 5.61. The molecule has 0 saturated heterocycles. The average Bonchev–Trinajstić information content (AvgIpc) is 3.19. The third kappa shape index (κ3) is 3.50. The SMILES string of the molecule is Cc1ccccc1SCC(=O)N(CCO)C1CC1.